The van der Waals surface area contributed by atoms with Crippen LogP contribution in [0.25, 0.3) is 0 Å². The number of carboxylic acids is 1. The number of carboxylic acid groups (broad SMARTS) is 1. The fourth-order valence-electron chi connectivity index (χ4n) is 1.12. The van der Waals surface area contributed by atoms with Crippen molar-refractivity contribution in [2.24, 2.45) is 0 Å². The van der Waals surface area contributed by atoms with Gasteiger partial charge >= 0.3 is 0 Å². The molecule has 1 rings (SSSR count). The van der Waals surface area contributed by atoms with E-state index < -0.39 is 18.5 Å². The van der Waals surface area contributed by atoms with E-state index in [0.29, 0.717) is 11.5 Å². The quantitative estimate of drug-likeness (QED) is 0.711. The van der Waals surface area contributed by atoms with Crippen LogP contribution >= 0.6 is 0 Å². The number of ether oxygens (including phenoxy) is 2. The molecule has 16 heavy (non-hydrogen) atoms. The number of rotatable bonds is 6. The first-order chi connectivity index (χ1) is 7.61. The number of aliphatic carboxylic acids is 1. The third-order valence-corrected chi connectivity index (χ3v) is 1.90. The van der Waals surface area contributed by atoms with Gasteiger partial charge in [-0.15, -0.1) is 0 Å². The van der Waals surface area contributed by atoms with Gasteiger partial charge in [0.15, 0.2) is 0 Å². The molecule has 0 aliphatic rings. The second kappa shape index (κ2) is 5.97. The summed E-state index contributed by atoms with van der Waals surface area (Å²) in [5, 5.41) is 19.4. The molecule has 0 amide bonds. The summed E-state index contributed by atoms with van der Waals surface area (Å²) in [5.41, 5.74) is 0. The minimum Gasteiger partial charge on any atom is -0.550 e. The summed E-state index contributed by atoms with van der Waals surface area (Å²) in [6.07, 6.45) is -1.50. The molecule has 0 aliphatic carbocycles. The van der Waals surface area contributed by atoms with Crippen LogP contribution in [0.4, 0.5) is 0 Å². The zero-order valence-corrected chi connectivity index (χ0v) is 8.88. The minimum atomic E-state index is -1.30. The fourth-order valence-corrected chi connectivity index (χ4v) is 1.12. The molecule has 88 valence electrons. The molecule has 0 saturated heterocycles. The zero-order valence-electron chi connectivity index (χ0n) is 8.88. The zero-order chi connectivity index (χ0) is 12.0. The van der Waals surface area contributed by atoms with Crippen LogP contribution in [0.5, 0.6) is 11.5 Å². The van der Waals surface area contributed by atoms with Gasteiger partial charge in [0.2, 0.25) is 0 Å². The van der Waals surface area contributed by atoms with Crippen molar-refractivity contribution in [3.05, 3.63) is 24.3 Å². The van der Waals surface area contributed by atoms with Gasteiger partial charge in [0.1, 0.15) is 18.1 Å². The molecule has 5 heteroatoms. The van der Waals surface area contributed by atoms with Crippen molar-refractivity contribution in [3.63, 3.8) is 0 Å². The average Bonchev–Trinajstić information content (AvgIpc) is 2.26. The van der Waals surface area contributed by atoms with E-state index in [1.807, 2.05) is 0 Å². The van der Waals surface area contributed by atoms with Crippen molar-refractivity contribution >= 4 is 5.97 Å². The van der Waals surface area contributed by atoms with E-state index in [0.717, 1.165) is 0 Å². The molecule has 0 spiro atoms. The number of carbonyl (C=O) groups excluding carboxylic acids is 1. The van der Waals surface area contributed by atoms with Gasteiger partial charge in [-0.3, -0.25) is 0 Å². The lowest BCUT2D eigenvalue weighted by molar-refractivity contribution is -0.307. The van der Waals surface area contributed by atoms with E-state index in [1.165, 1.54) is 0 Å². The maximum atomic E-state index is 10.2. The Balaban J connectivity index is 2.39. The van der Waals surface area contributed by atoms with Gasteiger partial charge in [-0.2, -0.15) is 0 Å². The number of hydrogen-bond donors (Lipinski definition) is 1. The van der Waals surface area contributed by atoms with Gasteiger partial charge in [-0.05, 0) is 24.3 Å². The molecule has 0 radical (unpaired) electrons. The predicted molar refractivity (Wildman–Crippen MR) is 54.1 cm³/mol. The molecule has 1 N–H and O–H groups in total. The highest BCUT2D eigenvalue weighted by molar-refractivity contribution is 5.64. The first kappa shape index (κ1) is 12.3. The Morgan fingerprint density at radius 2 is 1.94 bits per heavy atom. The summed E-state index contributed by atoms with van der Waals surface area (Å²) >= 11 is 0. The van der Waals surface area contributed by atoms with E-state index in [1.54, 1.807) is 31.4 Å². The highest BCUT2D eigenvalue weighted by Crippen LogP contribution is 2.17. The molecule has 0 unspecified atom stereocenters. The Morgan fingerprint density at radius 3 is 2.44 bits per heavy atom. The van der Waals surface area contributed by atoms with E-state index in [-0.39, 0.29) is 6.61 Å². The molecule has 0 fully saturated rings. The molecule has 1 aromatic carbocycles. The van der Waals surface area contributed by atoms with Gasteiger partial charge in [0, 0.05) is 12.4 Å². The molecule has 0 saturated carbocycles. The summed E-state index contributed by atoms with van der Waals surface area (Å²) in [6, 6.07) is 6.76. The maximum Gasteiger partial charge on any atom is 0.119 e. The number of hydrogen-bond acceptors (Lipinski definition) is 5. The molecule has 1 atom stereocenters. The van der Waals surface area contributed by atoms with Gasteiger partial charge in [0.25, 0.3) is 0 Å². The van der Waals surface area contributed by atoms with Crippen molar-refractivity contribution in [1.82, 2.24) is 0 Å². The first-order valence-corrected chi connectivity index (χ1v) is 4.76. The molecular formula is C11H13O5-. The highest BCUT2D eigenvalue weighted by Gasteiger charge is 2.05. The van der Waals surface area contributed by atoms with Crippen LogP contribution in [0.2, 0.25) is 0 Å². The van der Waals surface area contributed by atoms with Crippen molar-refractivity contribution in [2.75, 3.05) is 13.7 Å². The summed E-state index contributed by atoms with van der Waals surface area (Å²) in [7, 11) is 1.56. The smallest absolute Gasteiger partial charge is 0.119 e. The first-order valence-electron chi connectivity index (χ1n) is 4.76. The van der Waals surface area contributed by atoms with Crippen molar-refractivity contribution < 1.29 is 24.5 Å². The van der Waals surface area contributed by atoms with Crippen LogP contribution in [0, 0.1) is 0 Å². The molecule has 0 heterocycles. The molecule has 1 aromatic rings. The lowest BCUT2D eigenvalue weighted by Gasteiger charge is -2.12. The van der Waals surface area contributed by atoms with Crippen molar-refractivity contribution in [2.45, 2.75) is 12.5 Å². The van der Waals surface area contributed by atoms with E-state index in [9.17, 15) is 15.0 Å². The van der Waals surface area contributed by atoms with Crippen LogP contribution in [0.1, 0.15) is 6.42 Å². The SMILES string of the molecule is COc1ccc(OC[C@@H](O)CC(=O)[O-])cc1. The number of methoxy groups -OCH3 is 1. The van der Waals surface area contributed by atoms with Crippen molar-refractivity contribution in [3.8, 4) is 11.5 Å². The van der Waals surface area contributed by atoms with Gasteiger partial charge in [-0.1, -0.05) is 0 Å². The van der Waals surface area contributed by atoms with Crippen molar-refractivity contribution in [1.29, 1.82) is 0 Å². The van der Waals surface area contributed by atoms with E-state index >= 15 is 0 Å². The average molecular weight is 225 g/mol. The monoisotopic (exact) mass is 225 g/mol. The number of aliphatic hydroxyl groups is 1. The Morgan fingerprint density at radius 1 is 1.38 bits per heavy atom. The Hall–Kier alpha value is -1.75. The van der Waals surface area contributed by atoms with Crippen LogP contribution in [0.15, 0.2) is 24.3 Å². The van der Waals surface area contributed by atoms with Gasteiger partial charge in [-0.25, -0.2) is 0 Å². The van der Waals surface area contributed by atoms with Crippen LogP contribution in [-0.4, -0.2) is 30.9 Å². The Labute approximate surface area is 93.2 Å². The second-order valence-electron chi connectivity index (χ2n) is 3.22. The normalized spacial score (nSPS) is 11.9. The predicted octanol–water partition coefficient (Wildman–Crippen LogP) is -0.425. The summed E-state index contributed by atoms with van der Waals surface area (Å²) < 4.78 is 10.1. The summed E-state index contributed by atoms with van der Waals surface area (Å²) in [6.45, 7) is -0.0830. The number of benzene rings is 1. The third-order valence-electron chi connectivity index (χ3n) is 1.90. The highest BCUT2D eigenvalue weighted by atomic mass is 16.5. The lowest BCUT2D eigenvalue weighted by Crippen LogP contribution is -2.30. The van der Waals surface area contributed by atoms with Gasteiger partial charge in [0.05, 0.1) is 13.2 Å². The molecule has 0 bridgehead atoms. The van der Waals surface area contributed by atoms with Gasteiger partial charge < -0.3 is 24.5 Å². The topological polar surface area (TPSA) is 78.8 Å². The molecular weight excluding hydrogens is 212 g/mol. The second-order valence-corrected chi connectivity index (χ2v) is 3.22. The lowest BCUT2D eigenvalue weighted by atomic mass is 10.3. The van der Waals surface area contributed by atoms with E-state index in [4.69, 9.17) is 9.47 Å². The summed E-state index contributed by atoms with van der Waals surface area (Å²) in [4.78, 5) is 10.2. The maximum absolute atomic E-state index is 10.2. The standard InChI is InChI=1S/C11H14O5/c1-15-9-2-4-10(5-3-9)16-7-8(12)6-11(13)14/h2-5,8,12H,6-7H2,1H3,(H,13,14)/p-1/t8-/m0/s1. The molecule has 0 aromatic heterocycles. The molecule has 0 aliphatic heterocycles. The van der Waals surface area contributed by atoms with E-state index in [2.05, 4.69) is 0 Å². The minimum absolute atomic E-state index is 0.0830. The van der Waals surface area contributed by atoms with Crippen LogP contribution in [-0.2, 0) is 4.79 Å². The third kappa shape index (κ3) is 4.18. The van der Waals surface area contributed by atoms with Crippen LogP contribution < -0.4 is 14.6 Å². The number of aliphatic hydroxyl groups excluding tert-OH is 1. The summed E-state index contributed by atoms with van der Waals surface area (Å²) in [5.74, 6) is -0.0633. The molecule has 5 nitrogen and oxygen atoms in total. The largest absolute Gasteiger partial charge is 0.550 e. The Bertz CT molecular complexity index is 333. The number of carbonyl (C=O) groups is 1. The Kier molecular flexibility index (Phi) is 4.60. The fraction of sp³-hybridized carbons (Fsp3) is 0.364. The van der Waals surface area contributed by atoms with Crippen LogP contribution in [0.3, 0.4) is 0 Å².